The fraction of sp³-hybridized carbons (Fsp3) is 0.438. The molecule has 0 radical (unpaired) electrons. The molecule has 0 aliphatic rings. The van der Waals surface area contributed by atoms with Crippen LogP contribution in [0.1, 0.15) is 34.3 Å². The largest absolute Gasteiger partial charge is 0.385 e. The molecular weight excluding hydrogens is 254 g/mol. The number of nitrogens with one attached hydrogen (secondary N) is 1. The normalized spacial score (nSPS) is 9.75. The van der Waals surface area contributed by atoms with Gasteiger partial charge in [0.25, 0.3) is 5.91 Å². The Labute approximate surface area is 120 Å². The van der Waals surface area contributed by atoms with Crippen molar-refractivity contribution in [2.45, 2.75) is 19.8 Å². The molecule has 1 aromatic carbocycles. The van der Waals surface area contributed by atoms with Crippen molar-refractivity contribution in [3.63, 3.8) is 0 Å². The molecule has 1 amide bonds. The van der Waals surface area contributed by atoms with Gasteiger partial charge in [-0.15, -0.1) is 0 Å². The Hall–Kier alpha value is -1.83. The maximum absolute atomic E-state index is 11.9. The van der Waals surface area contributed by atoms with Crippen LogP contribution >= 0.6 is 0 Å². The van der Waals surface area contributed by atoms with E-state index in [4.69, 9.17) is 9.84 Å². The molecular formula is C16H21NO3. The van der Waals surface area contributed by atoms with Gasteiger partial charge in [0.15, 0.2) is 0 Å². The summed E-state index contributed by atoms with van der Waals surface area (Å²) in [7, 11) is 1.67. The number of hydrogen-bond acceptors (Lipinski definition) is 3. The molecule has 4 nitrogen and oxygen atoms in total. The summed E-state index contributed by atoms with van der Waals surface area (Å²) in [6, 6.07) is 5.36. The highest BCUT2D eigenvalue weighted by Crippen LogP contribution is 2.10. The van der Waals surface area contributed by atoms with Crippen molar-refractivity contribution in [1.82, 2.24) is 5.32 Å². The number of rotatable bonds is 6. The van der Waals surface area contributed by atoms with E-state index in [0.717, 1.165) is 24.0 Å². The van der Waals surface area contributed by atoms with Crippen molar-refractivity contribution in [2.24, 2.45) is 0 Å². The molecule has 108 valence electrons. The molecule has 2 N–H and O–H groups in total. The van der Waals surface area contributed by atoms with E-state index in [1.165, 1.54) is 0 Å². The summed E-state index contributed by atoms with van der Waals surface area (Å²) in [6.07, 6.45) is 1.84. The molecule has 0 heterocycles. The molecule has 0 bridgehead atoms. The van der Waals surface area contributed by atoms with E-state index in [9.17, 15) is 4.79 Å². The highest BCUT2D eigenvalue weighted by atomic mass is 16.5. The minimum absolute atomic E-state index is 0.0767. The van der Waals surface area contributed by atoms with Gasteiger partial charge in [0.2, 0.25) is 0 Å². The first-order valence-electron chi connectivity index (χ1n) is 6.66. The van der Waals surface area contributed by atoms with Crippen molar-refractivity contribution < 1.29 is 14.6 Å². The van der Waals surface area contributed by atoms with Gasteiger partial charge in [-0.1, -0.05) is 11.8 Å². The van der Waals surface area contributed by atoms with E-state index in [0.29, 0.717) is 18.7 Å². The lowest BCUT2D eigenvalue weighted by atomic mass is 10.0. The standard InChI is InChI=1S/C16H21NO3/c1-13-12-15(8-7-14(13)6-5-10-18)16(19)17-9-3-4-11-20-2/h7-8,12,18H,3-4,9-11H2,1-2H3,(H,17,19). The molecule has 20 heavy (non-hydrogen) atoms. The summed E-state index contributed by atoms with van der Waals surface area (Å²) in [5.74, 6) is 5.37. The van der Waals surface area contributed by atoms with Crippen LogP contribution in [0.2, 0.25) is 0 Å². The van der Waals surface area contributed by atoms with E-state index in [-0.39, 0.29) is 12.5 Å². The Kier molecular flexibility index (Phi) is 7.41. The Morgan fingerprint density at radius 3 is 2.85 bits per heavy atom. The smallest absolute Gasteiger partial charge is 0.251 e. The molecule has 0 spiro atoms. The third kappa shape index (κ3) is 5.43. The molecule has 0 aromatic heterocycles. The van der Waals surface area contributed by atoms with Crippen LogP contribution in [0.3, 0.4) is 0 Å². The summed E-state index contributed by atoms with van der Waals surface area (Å²) < 4.78 is 4.95. The zero-order valence-electron chi connectivity index (χ0n) is 12.0. The topological polar surface area (TPSA) is 58.6 Å². The molecule has 0 saturated heterocycles. The van der Waals surface area contributed by atoms with Crippen molar-refractivity contribution in [3.05, 3.63) is 34.9 Å². The van der Waals surface area contributed by atoms with Crippen molar-refractivity contribution in [3.8, 4) is 11.8 Å². The van der Waals surface area contributed by atoms with Gasteiger partial charge >= 0.3 is 0 Å². The van der Waals surface area contributed by atoms with Crippen molar-refractivity contribution in [1.29, 1.82) is 0 Å². The molecule has 1 rings (SSSR count). The van der Waals surface area contributed by atoms with Gasteiger partial charge in [-0.2, -0.15) is 0 Å². The number of carbonyl (C=O) groups is 1. The summed E-state index contributed by atoms with van der Waals surface area (Å²) in [4.78, 5) is 11.9. The van der Waals surface area contributed by atoms with Crippen LogP contribution in [0, 0.1) is 18.8 Å². The van der Waals surface area contributed by atoms with Crippen LogP contribution in [-0.2, 0) is 4.74 Å². The Bertz CT molecular complexity index is 500. The lowest BCUT2D eigenvalue weighted by Gasteiger charge is -2.06. The molecule has 1 aromatic rings. The first-order chi connectivity index (χ1) is 9.69. The third-order valence-corrected chi connectivity index (χ3v) is 2.85. The van der Waals surface area contributed by atoms with Crippen LogP contribution in [0.15, 0.2) is 18.2 Å². The molecule has 0 atom stereocenters. The van der Waals surface area contributed by atoms with Gasteiger partial charge in [0, 0.05) is 31.4 Å². The van der Waals surface area contributed by atoms with E-state index in [1.54, 1.807) is 19.2 Å². The molecule has 0 unspecified atom stereocenters. The van der Waals surface area contributed by atoms with Crippen LogP contribution in [-0.4, -0.2) is 37.9 Å². The fourth-order valence-corrected chi connectivity index (χ4v) is 1.76. The average molecular weight is 275 g/mol. The molecule has 4 heteroatoms. The van der Waals surface area contributed by atoms with Gasteiger partial charge in [-0.25, -0.2) is 0 Å². The number of aliphatic hydroxyl groups excluding tert-OH is 1. The zero-order valence-corrected chi connectivity index (χ0v) is 12.0. The summed E-state index contributed by atoms with van der Waals surface area (Å²) in [5, 5.41) is 11.6. The number of ether oxygens (including phenoxy) is 1. The maximum Gasteiger partial charge on any atom is 0.251 e. The summed E-state index contributed by atoms with van der Waals surface area (Å²) in [5.41, 5.74) is 2.39. The van der Waals surface area contributed by atoms with Gasteiger partial charge in [0.1, 0.15) is 6.61 Å². The van der Waals surface area contributed by atoms with E-state index >= 15 is 0 Å². The number of aliphatic hydroxyl groups is 1. The lowest BCUT2D eigenvalue weighted by molar-refractivity contribution is 0.0951. The number of carbonyl (C=O) groups excluding carboxylic acids is 1. The zero-order chi connectivity index (χ0) is 14.8. The first-order valence-corrected chi connectivity index (χ1v) is 6.66. The maximum atomic E-state index is 11.9. The van der Waals surface area contributed by atoms with Crippen molar-refractivity contribution in [2.75, 3.05) is 26.9 Å². The molecule has 0 aliphatic heterocycles. The molecule has 0 saturated carbocycles. The van der Waals surface area contributed by atoms with Gasteiger partial charge in [-0.3, -0.25) is 4.79 Å². The summed E-state index contributed by atoms with van der Waals surface area (Å²) >= 11 is 0. The Morgan fingerprint density at radius 1 is 1.40 bits per heavy atom. The number of methoxy groups -OCH3 is 1. The second kappa shape index (κ2) is 9.13. The third-order valence-electron chi connectivity index (χ3n) is 2.85. The number of amides is 1. The number of unbranched alkanes of at least 4 members (excludes halogenated alkanes) is 1. The van der Waals surface area contributed by atoms with Crippen LogP contribution < -0.4 is 5.32 Å². The first kappa shape index (κ1) is 16.2. The highest BCUT2D eigenvalue weighted by molar-refractivity contribution is 5.94. The second-order valence-electron chi connectivity index (χ2n) is 4.45. The quantitative estimate of drug-likeness (QED) is 0.611. The predicted octanol–water partition coefficient (Wildman–Crippen LogP) is 1.50. The van der Waals surface area contributed by atoms with Gasteiger partial charge in [0.05, 0.1) is 0 Å². The second-order valence-corrected chi connectivity index (χ2v) is 4.45. The Balaban J connectivity index is 2.54. The Morgan fingerprint density at radius 2 is 2.20 bits per heavy atom. The lowest BCUT2D eigenvalue weighted by Crippen LogP contribution is -2.24. The average Bonchev–Trinajstić information content (AvgIpc) is 2.45. The van der Waals surface area contributed by atoms with Crippen LogP contribution in [0.4, 0.5) is 0 Å². The fourth-order valence-electron chi connectivity index (χ4n) is 1.76. The number of aryl methyl sites for hydroxylation is 1. The number of hydrogen-bond donors (Lipinski definition) is 2. The SMILES string of the molecule is COCCCCNC(=O)c1ccc(C#CCO)c(C)c1. The van der Waals surface area contributed by atoms with Crippen LogP contribution in [0.5, 0.6) is 0 Å². The van der Waals surface area contributed by atoms with Gasteiger partial charge < -0.3 is 15.2 Å². The predicted molar refractivity (Wildman–Crippen MR) is 78.6 cm³/mol. The minimum Gasteiger partial charge on any atom is -0.385 e. The monoisotopic (exact) mass is 275 g/mol. The molecule has 0 aliphatic carbocycles. The van der Waals surface area contributed by atoms with Crippen LogP contribution in [0.25, 0.3) is 0 Å². The van der Waals surface area contributed by atoms with Crippen molar-refractivity contribution >= 4 is 5.91 Å². The van der Waals surface area contributed by atoms with E-state index in [1.807, 2.05) is 13.0 Å². The summed E-state index contributed by atoms with van der Waals surface area (Å²) in [6.45, 7) is 3.10. The highest BCUT2D eigenvalue weighted by Gasteiger charge is 2.06. The number of benzene rings is 1. The minimum atomic E-state index is -0.164. The van der Waals surface area contributed by atoms with E-state index < -0.39 is 0 Å². The molecule has 0 fully saturated rings. The van der Waals surface area contributed by atoms with E-state index in [2.05, 4.69) is 17.2 Å². The van der Waals surface area contributed by atoms with Gasteiger partial charge in [-0.05, 0) is 43.5 Å².